The maximum atomic E-state index is 9.53. The predicted molar refractivity (Wildman–Crippen MR) is 46.0 cm³/mol. The van der Waals surface area contributed by atoms with Crippen LogP contribution in [0, 0.1) is 0 Å². The van der Waals surface area contributed by atoms with Crippen LogP contribution in [0.4, 0.5) is 0 Å². The van der Waals surface area contributed by atoms with Crippen LogP contribution in [0.5, 0.6) is 0 Å². The van der Waals surface area contributed by atoms with E-state index in [1.807, 2.05) is 0 Å². The van der Waals surface area contributed by atoms with Gasteiger partial charge in [-0.15, -0.1) is 0 Å². The lowest BCUT2D eigenvalue weighted by Crippen LogP contribution is -2.42. The summed E-state index contributed by atoms with van der Waals surface area (Å²) in [5.74, 6) is 0. The summed E-state index contributed by atoms with van der Waals surface area (Å²) >= 11 is 0. The van der Waals surface area contributed by atoms with Crippen molar-refractivity contribution in [3.05, 3.63) is 0 Å². The molecular weight excluding hydrogens is 154 g/mol. The van der Waals surface area contributed by atoms with Crippen LogP contribution in [0.1, 0.15) is 19.3 Å². The van der Waals surface area contributed by atoms with Crippen LogP contribution in [0.25, 0.3) is 0 Å². The largest absolute Gasteiger partial charge is 0.392 e. The van der Waals surface area contributed by atoms with Gasteiger partial charge in [0.15, 0.2) is 0 Å². The van der Waals surface area contributed by atoms with Crippen molar-refractivity contribution < 1.29 is 9.84 Å². The van der Waals surface area contributed by atoms with Crippen molar-refractivity contribution in [3.63, 3.8) is 0 Å². The molecule has 0 saturated carbocycles. The molecule has 2 atom stereocenters. The van der Waals surface area contributed by atoms with Crippen LogP contribution >= 0.6 is 0 Å². The van der Waals surface area contributed by atoms with Crippen LogP contribution in [0.2, 0.25) is 0 Å². The highest BCUT2D eigenvalue weighted by Crippen LogP contribution is 2.38. The predicted octanol–water partition coefficient (Wildman–Crippen LogP) is 0.232. The first-order valence-electron chi connectivity index (χ1n) is 4.69. The highest BCUT2D eigenvalue weighted by molar-refractivity contribution is 5.03. The number of aliphatic hydroxyl groups excluding tert-OH is 1. The van der Waals surface area contributed by atoms with E-state index < -0.39 is 0 Å². The lowest BCUT2D eigenvalue weighted by atomic mass is 9.94. The topological polar surface area (TPSA) is 32.7 Å². The van der Waals surface area contributed by atoms with Crippen molar-refractivity contribution in [1.29, 1.82) is 0 Å². The fourth-order valence-electron chi connectivity index (χ4n) is 2.76. The van der Waals surface area contributed by atoms with Crippen LogP contribution in [0.3, 0.4) is 0 Å². The van der Waals surface area contributed by atoms with E-state index in [0.717, 1.165) is 26.1 Å². The molecule has 0 aliphatic carbocycles. The molecule has 0 spiro atoms. The van der Waals surface area contributed by atoms with Crippen LogP contribution in [-0.4, -0.2) is 48.5 Å². The lowest BCUT2D eigenvalue weighted by molar-refractivity contribution is 0.0646. The second kappa shape index (κ2) is 2.98. The second-order valence-electron chi connectivity index (χ2n) is 4.06. The monoisotopic (exact) mass is 171 g/mol. The standard InChI is InChI=1S/C9H17NO2/c1-12-7-9-3-2-4-10(9)6-8(11)5-9/h8,11H,2-7H2,1H3/t8-,9?/m0/s1. The van der Waals surface area contributed by atoms with Gasteiger partial charge in [0, 0.05) is 19.2 Å². The molecule has 2 aliphatic heterocycles. The van der Waals surface area contributed by atoms with Crippen LogP contribution in [-0.2, 0) is 4.74 Å². The molecule has 2 saturated heterocycles. The Hall–Kier alpha value is -0.120. The summed E-state index contributed by atoms with van der Waals surface area (Å²) in [6, 6.07) is 0. The van der Waals surface area contributed by atoms with E-state index in [0.29, 0.717) is 0 Å². The maximum absolute atomic E-state index is 9.53. The summed E-state index contributed by atoms with van der Waals surface area (Å²) in [7, 11) is 1.75. The van der Waals surface area contributed by atoms with E-state index in [2.05, 4.69) is 4.90 Å². The minimum atomic E-state index is -0.125. The van der Waals surface area contributed by atoms with Gasteiger partial charge in [0.25, 0.3) is 0 Å². The third-order valence-corrected chi connectivity index (χ3v) is 3.20. The molecule has 70 valence electrons. The number of fused-ring (bicyclic) bond motifs is 1. The Morgan fingerprint density at radius 3 is 3.25 bits per heavy atom. The highest BCUT2D eigenvalue weighted by atomic mass is 16.5. The van der Waals surface area contributed by atoms with E-state index in [4.69, 9.17) is 4.74 Å². The van der Waals surface area contributed by atoms with Crippen LogP contribution < -0.4 is 0 Å². The van der Waals surface area contributed by atoms with Crippen molar-refractivity contribution >= 4 is 0 Å². The summed E-state index contributed by atoms with van der Waals surface area (Å²) in [5, 5.41) is 9.53. The Bertz CT molecular complexity index is 174. The molecule has 0 bridgehead atoms. The molecule has 3 nitrogen and oxygen atoms in total. The minimum absolute atomic E-state index is 0.125. The molecule has 12 heavy (non-hydrogen) atoms. The zero-order chi connectivity index (χ0) is 8.60. The normalized spacial score (nSPS) is 42.0. The molecule has 1 N–H and O–H groups in total. The van der Waals surface area contributed by atoms with E-state index in [1.165, 1.54) is 12.8 Å². The quantitative estimate of drug-likeness (QED) is 0.645. The van der Waals surface area contributed by atoms with Crippen molar-refractivity contribution in [3.8, 4) is 0 Å². The molecular formula is C9H17NO2. The Balaban J connectivity index is 2.09. The van der Waals surface area contributed by atoms with Gasteiger partial charge in [0.05, 0.1) is 12.7 Å². The fourth-order valence-corrected chi connectivity index (χ4v) is 2.76. The first-order chi connectivity index (χ1) is 5.77. The number of rotatable bonds is 2. The summed E-state index contributed by atoms with van der Waals surface area (Å²) in [5.41, 5.74) is 0.189. The van der Waals surface area contributed by atoms with Crippen LogP contribution in [0.15, 0.2) is 0 Å². The molecule has 0 aromatic carbocycles. The Kier molecular flexibility index (Phi) is 2.10. The lowest BCUT2D eigenvalue weighted by Gasteiger charge is -2.30. The van der Waals surface area contributed by atoms with Gasteiger partial charge in [-0.2, -0.15) is 0 Å². The Morgan fingerprint density at radius 2 is 2.50 bits per heavy atom. The third kappa shape index (κ3) is 1.16. The fraction of sp³-hybridized carbons (Fsp3) is 1.00. The summed E-state index contributed by atoms with van der Waals surface area (Å²) in [6.45, 7) is 2.77. The average Bonchev–Trinajstić information content (AvgIpc) is 2.44. The first-order valence-corrected chi connectivity index (χ1v) is 4.69. The molecule has 2 heterocycles. The average molecular weight is 171 g/mol. The van der Waals surface area contributed by atoms with Crippen molar-refractivity contribution in [1.82, 2.24) is 4.90 Å². The molecule has 3 heteroatoms. The van der Waals surface area contributed by atoms with Crippen molar-refractivity contribution in [2.75, 3.05) is 26.8 Å². The molecule has 2 rings (SSSR count). The molecule has 2 aliphatic rings. The summed E-state index contributed by atoms with van der Waals surface area (Å²) in [4.78, 5) is 2.39. The molecule has 0 amide bonds. The smallest absolute Gasteiger partial charge is 0.0685 e. The zero-order valence-corrected chi connectivity index (χ0v) is 7.62. The minimum Gasteiger partial charge on any atom is -0.392 e. The Morgan fingerprint density at radius 1 is 1.67 bits per heavy atom. The maximum Gasteiger partial charge on any atom is 0.0685 e. The van der Waals surface area contributed by atoms with Gasteiger partial charge < -0.3 is 9.84 Å². The summed E-state index contributed by atoms with van der Waals surface area (Å²) < 4.78 is 5.23. The molecule has 0 aromatic rings. The van der Waals surface area contributed by atoms with Crippen molar-refractivity contribution in [2.45, 2.75) is 30.9 Å². The number of β-amino-alcohol motifs (C(OH)–C–C–N with tert-alkyl or cyclic N) is 1. The van der Waals surface area contributed by atoms with Gasteiger partial charge in [0.2, 0.25) is 0 Å². The first kappa shape index (κ1) is 8.48. The van der Waals surface area contributed by atoms with E-state index in [9.17, 15) is 5.11 Å². The molecule has 2 fully saturated rings. The van der Waals surface area contributed by atoms with Gasteiger partial charge in [-0.1, -0.05) is 0 Å². The highest BCUT2D eigenvalue weighted by Gasteiger charge is 2.47. The summed E-state index contributed by atoms with van der Waals surface area (Å²) in [6.07, 6.45) is 3.23. The number of ether oxygens (including phenoxy) is 1. The Labute approximate surface area is 73.3 Å². The van der Waals surface area contributed by atoms with E-state index in [-0.39, 0.29) is 11.6 Å². The second-order valence-corrected chi connectivity index (χ2v) is 4.06. The van der Waals surface area contributed by atoms with Gasteiger partial charge in [-0.05, 0) is 25.8 Å². The zero-order valence-electron chi connectivity index (χ0n) is 7.62. The number of methoxy groups -OCH3 is 1. The number of hydrogen-bond acceptors (Lipinski definition) is 3. The van der Waals surface area contributed by atoms with Gasteiger partial charge in [-0.3, -0.25) is 4.90 Å². The van der Waals surface area contributed by atoms with Gasteiger partial charge in [0.1, 0.15) is 0 Å². The van der Waals surface area contributed by atoms with Gasteiger partial charge in [-0.25, -0.2) is 0 Å². The molecule has 1 unspecified atom stereocenters. The van der Waals surface area contributed by atoms with Crippen molar-refractivity contribution in [2.24, 2.45) is 0 Å². The SMILES string of the molecule is COCC12CCCN1C[C@@H](O)C2. The third-order valence-electron chi connectivity index (χ3n) is 3.20. The molecule has 0 radical (unpaired) electrons. The number of hydrogen-bond donors (Lipinski definition) is 1. The number of nitrogens with zero attached hydrogens (tertiary/aromatic N) is 1. The molecule has 0 aromatic heterocycles. The van der Waals surface area contributed by atoms with E-state index >= 15 is 0 Å². The van der Waals surface area contributed by atoms with E-state index in [1.54, 1.807) is 7.11 Å². The number of aliphatic hydroxyl groups is 1. The van der Waals surface area contributed by atoms with Gasteiger partial charge >= 0.3 is 0 Å².